The average molecular weight is 213 g/mol. The van der Waals surface area contributed by atoms with Crippen molar-refractivity contribution in [3.63, 3.8) is 0 Å². The molecule has 14 heavy (non-hydrogen) atoms. The highest BCUT2D eigenvalue weighted by atomic mass is 32.2. The Hall–Kier alpha value is -0.770. The minimum atomic E-state index is -0.489. The van der Waals surface area contributed by atoms with E-state index < -0.39 is 5.91 Å². The second kappa shape index (κ2) is 5.86. The summed E-state index contributed by atoms with van der Waals surface area (Å²) in [6.45, 7) is 3.82. The van der Waals surface area contributed by atoms with Gasteiger partial charge in [-0.25, -0.2) is 0 Å². The first-order valence-corrected chi connectivity index (χ1v) is 5.82. The predicted molar refractivity (Wildman–Crippen MR) is 58.3 cm³/mol. The lowest BCUT2D eigenvalue weighted by atomic mass is 10.0. The molecule has 0 unspecified atom stereocenters. The molecular formula is C10H15NO2S. The van der Waals surface area contributed by atoms with E-state index in [1.54, 1.807) is 17.8 Å². The van der Waals surface area contributed by atoms with Gasteiger partial charge in [0.1, 0.15) is 0 Å². The van der Waals surface area contributed by atoms with Gasteiger partial charge in [-0.15, -0.1) is 6.58 Å². The molecule has 0 heterocycles. The van der Waals surface area contributed by atoms with Crippen LogP contribution in [0.5, 0.6) is 0 Å². The lowest BCUT2D eigenvalue weighted by Crippen LogP contribution is -2.33. The van der Waals surface area contributed by atoms with Crippen LogP contribution in [-0.4, -0.2) is 29.2 Å². The van der Waals surface area contributed by atoms with Gasteiger partial charge < -0.3 is 5.32 Å². The van der Waals surface area contributed by atoms with Crippen molar-refractivity contribution >= 4 is 23.5 Å². The van der Waals surface area contributed by atoms with E-state index in [2.05, 4.69) is 11.9 Å². The summed E-state index contributed by atoms with van der Waals surface area (Å²) in [6.07, 6.45) is 5.19. The third-order valence-electron chi connectivity index (χ3n) is 2.16. The van der Waals surface area contributed by atoms with E-state index in [9.17, 15) is 9.59 Å². The van der Waals surface area contributed by atoms with Crippen LogP contribution in [0.15, 0.2) is 12.7 Å². The second-order valence-corrected chi connectivity index (χ2v) is 4.57. The molecule has 1 aliphatic carbocycles. The normalized spacial score (nSPS) is 15.7. The molecule has 78 valence electrons. The summed E-state index contributed by atoms with van der Waals surface area (Å²) in [5.41, 5.74) is 0. The SMILES string of the molecule is C=CCNC(=O)C(=O)CSC1CCC1. The Kier molecular flexibility index (Phi) is 4.73. The van der Waals surface area contributed by atoms with Gasteiger partial charge in [-0.3, -0.25) is 9.59 Å². The molecule has 1 saturated carbocycles. The molecule has 0 aromatic carbocycles. The van der Waals surface area contributed by atoms with Gasteiger partial charge in [-0.2, -0.15) is 11.8 Å². The topological polar surface area (TPSA) is 46.2 Å². The summed E-state index contributed by atoms with van der Waals surface area (Å²) in [5, 5.41) is 3.07. The van der Waals surface area contributed by atoms with E-state index in [4.69, 9.17) is 0 Å². The van der Waals surface area contributed by atoms with Crippen LogP contribution in [-0.2, 0) is 9.59 Å². The first-order valence-electron chi connectivity index (χ1n) is 4.77. The number of hydrogen-bond donors (Lipinski definition) is 1. The van der Waals surface area contributed by atoms with Crippen molar-refractivity contribution in [2.45, 2.75) is 24.5 Å². The smallest absolute Gasteiger partial charge is 0.288 e. The maximum atomic E-state index is 11.2. The first kappa shape index (κ1) is 11.3. The number of Topliss-reactive ketones (excluding diaryl/α,β-unsaturated/α-hetero) is 1. The van der Waals surface area contributed by atoms with E-state index in [1.165, 1.54) is 19.3 Å². The van der Waals surface area contributed by atoms with Gasteiger partial charge in [0, 0.05) is 11.8 Å². The van der Waals surface area contributed by atoms with Crippen LogP contribution in [0.1, 0.15) is 19.3 Å². The number of nitrogens with one attached hydrogen (secondary N) is 1. The van der Waals surface area contributed by atoms with Crippen LogP contribution in [0.2, 0.25) is 0 Å². The Balaban J connectivity index is 2.12. The maximum absolute atomic E-state index is 11.2. The fourth-order valence-corrected chi connectivity index (χ4v) is 2.24. The number of hydrogen-bond acceptors (Lipinski definition) is 3. The standard InChI is InChI=1S/C10H15NO2S/c1-2-6-11-10(13)9(12)7-14-8-4-3-5-8/h2,8H,1,3-7H2,(H,11,13). The number of ketones is 1. The number of carbonyl (C=O) groups excluding carboxylic acids is 2. The largest absolute Gasteiger partial charge is 0.346 e. The molecule has 1 rings (SSSR count). The fraction of sp³-hybridized carbons (Fsp3) is 0.600. The Morgan fingerprint density at radius 2 is 2.21 bits per heavy atom. The van der Waals surface area contributed by atoms with Crippen molar-refractivity contribution in [1.29, 1.82) is 0 Å². The molecule has 1 amide bonds. The molecule has 0 aromatic heterocycles. The summed E-state index contributed by atoms with van der Waals surface area (Å²) >= 11 is 1.60. The molecule has 0 bridgehead atoms. The van der Waals surface area contributed by atoms with Gasteiger partial charge in [-0.05, 0) is 12.8 Å². The van der Waals surface area contributed by atoms with E-state index in [-0.39, 0.29) is 5.78 Å². The molecule has 0 aromatic rings. The van der Waals surface area contributed by atoms with Crippen molar-refractivity contribution in [3.05, 3.63) is 12.7 Å². The first-order chi connectivity index (χ1) is 6.74. The molecule has 3 nitrogen and oxygen atoms in total. The van der Waals surface area contributed by atoms with Gasteiger partial charge in [-0.1, -0.05) is 12.5 Å². The van der Waals surface area contributed by atoms with Crippen molar-refractivity contribution in [2.75, 3.05) is 12.3 Å². The number of thioether (sulfide) groups is 1. The van der Waals surface area contributed by atoms with Crippen molar-refractivity contribution in [1.82, 2.24) is 5.32 Å². The van der Waals surface area contributed by atoms with Crippen LogP contribution in [0, 0.1) is 0 Å². The van der Waals surface area contributed by atoms with Crippen LogP contribution in [0.3, 0.4) is 0 Å². The highest BCUT2D eigenvalue weighted by Crippen LogP contribution is 2.30. The van der Waals surface area contributed by atoms with Crippen LogP contribution in [0.4, 0.5) is 0 Å². The van der Waals surface area contributed by atoms with Crippen LogP contribution >= 0.6 is 11.8 Å². The zero-order valence-corrected chi connectivity index (χ0v) is 8.94. The van der Waals surface area contributed by atoms with E-state index >= 15 is 0 Å². The average Bonchev–Trinajstić information content (AvgIpc) is 2.11. The van der Waals surface area contributed by atoms with Crippen molar-refractivity contribution in [3.8, 4) is 0 Å². The molecule has 1 fully saturated rings. The molecular weight excluding hydrogens is 198 g/mol. The van der Waals surface area contributed by atoms with Crippen LogP contribution < -0.4 is 5.32 Å². The fourth-order valence-electron chi connectivity index (χ4n) is 1.06. The Labute approximate surface area is 88.3 Å². The zero-order valence-electron chi connectivity index (χ0n) is 8.12. The summed E-state index contributed by atoms with van der Waals surface area (Å²) in [7, 11) is 0. The summed E-state index contributed by atoms with van der Waals surface area (Å²) in [6, 6.07) is 0. The quantitative estimate of drug-likeness (QED) is 0.531. The molecule has 0 atom stereocenters. The van der Waals surface area contributed by atoms with Crippen LogP contribution in [0.25, 0.3) is 0 Å². The number of rotatable bonds is 6. The third-order valence-corrected chi connectivity index (χ3v) is 3.53. The third kappa shape index (κ3) is 3.54. The summed E-state index contributed by atoms with van der Waals surface area (Å²) < 4.78 is 0. The van der Waals surface area contributed by atoms with Gasteiger partial charge in [0.15, 0.2) is 0 Å². The van der Waals surface area contributed by atoms with Crippen molar-refractivity contribution < 1.29 is 9.59 Å². The molecule has 0 saturated heterocycles. The molecule has 4 heteroatoms. The lowest BCUT2D eigenvalue weighted by Gasteiger charge is -2.23. The maximum Gasteiger partial charge on any atom is 0.288 e. The van der Waals surface area contributed by atoms with Gasteiger partial charge in [0.2, 0.25) is 5.78 Å². The Morgan fingerprint density at radius 1 is 1.50 bits per heavy atom. The van der Waals surface area contributed by atoms with Crippen molar-refractivity contribution in [2.24, 2.45) is 0 Å². The lowest BCUT2D eigenvalue weighted by molar-refractivity contribution is -0.136. The van der Waals surface area contributed by atoms with E-state index in [0.717, 1.165) is 0 Å². The Bertz CT molecular complexity index is 236. The molecule has 1 aliphatic rings. The molecule has 0 spiro atoms. The zero-order chi connectivity index (χ0) is 10.4. The van der Waals surface area contributed by atoms with E-state index in [1.807, 2.05) is 0 Å². The second-order valence-electron chi connectivity index (χ2n) is 3.29. The molecule has 0 aliphatic heterocycles. The number of amides is 1. The summed E-state index contributed by atoms with van der Waals surface area (Å²) in [5.74, 6) is -0.506. The predicted octanol–water partition coefficient (Wildman–Crippen LogP) is 1.14. The van der Waals surface area contributed by atoms with E-state index in [0.29, 0.717) is 17.5 Å². The van der Waals surface area contributed by atoms with Gasteiger partial charge in [0.25, 0.3) is 5.91 Å². The minimum Gasteiger partial charge on any atom is -0.346 e. The summed E-state index contributed by atoms with van der Waals surface area (Å²) in [4.78, 5) is 22.3. The van der Waals surface area contributed by atoms with Gasteiger partial charge >= 0.3 is 0 Å². The highest BCUT2D eigenvalue weighted by Gasteiger charge is 2.21. The number of carbonyl (C=O) groups is 2. The highest BCUT2D eigenvalue weighted by molar-refractivity contribution is 8.00. The monoisotopic (exact) mass is 213 g/mol. The molecule has 0 radical (unpaired) electrons. The minimum absolute atomic E-state index is 0.313. The van der Waals surface area contributed by atoms with Gasteiger partial charge in [0.05, 0.1) is 5.75 Å². The molecule has 1 N–H and O–H groups in total. The Morgan fingerprint density at radius 3 is 2.71 bits per heavy atom.